The zero-order chi connectivity index (χ0) is 7.90. The first-order valence-corrected chi connectivity index (χ1v) is 4.55. The van der Waals surface area contributed by atoms with Crippen LogP contribution in [-0.2, 0) is 4.79 Å². The van der Waals surface area contributed by atoms with Crippen LogP contribution in [0.15, 0.2) is 0 Å². The summed E-state index contributed by atoms with van der Waals surface area (Å²) in [4.78, 5) is 12.7. The minimum atomic E-state index is 0.344. The third-order valence-corrected chi connectivity index (χ3v) is 3.40. The summed E-state index contributed by atoms with van der Waals surface area (Å²) in [7, 11) is 0. The van der Waals surface area contributed by atoms with Gasteiger partial charge in [0.25, 0.3) is 0 Å². The Balaban J connectivity index is 2.08. The summed E-state index contributed by atoms with van der Waals surface area (Å²) in [6.45, 7) is 2.96. The summed E-state index contributed by atoms with van der Waals surface area (Å²) in [6.07, 6.45) is 6.24. The predicted octanol–water partition coefficient (Wildman–Crippen LogP) is 1.41. The van der Waals surface area contributed by atoms with Crippen LogP contribution in [0.5, 0.6) is 0 Å². The third-order valence-electron chi connectivity index (χ3n) is 3.40. The molecule has 0 radical (unpaired) electrons. The standard InChI is InChI=1S/C9H15NO/c1-2-10(7-11)9-5-3-4-8(9)6-9/h7-8H,2-6H2,1H3. The smallest absolute Gasteiger partial charge is 0.210 e. The van der Waals surface area contributed by atoms with Gasteiger partial charge in [-0.2, -0.15) is 0 Å². The molecule has 0 aromatic rings. The lowest BCUT2D eigenvalue weighted by Crippen LogP contribution is -2.35. The summed E-state index contributed by atoms with van der Waals surface area (Å²) in [5.74, 6) is 0.854. The molecule has 2 nitrogen and oxygen atoms in total. The molecule has 2 aliphatic carbocycles. The average Bonchev–Trinajstić information content (AvgIpc) is 2.57. The van der Waals surface area contributed by atoms with E-state index in [4.69, 9.17) is 0 Å². The van der Waals surface area contributed by atoms with Crippen molar-refractivity contribution in [1.29, 1.82) is 0 Å². The Kier molecular flexibility index (Phi) is 1.44. The van der Waals surface area contributed by atoms with Crippen molar-refractivity contribution in [3.63, 3.8) is 0 Å². The highest BCUT2D eigenvalue weighted by Gasteiger charge is 2.59. The van der Waals surface area contributed by atoms with E-state index in [1.165, 1.54) is 25.7 Å². The minimum Gasteiger partial charge on any atom is -0.340 e. The molecule has 2 aliphatic rings. The van der Waals surface area contributed by atoms with Crippen LogP contribution in [0.2, 0.25) is 0 Å². The molecule has 2 fully saturated rings. The van der Waals surface area contributed by atoms with E-state index >= 15 is 0 Å². The number of carbonyl (C=O) groups excluding carboxylic acids is 1. The normalized spacial score (nSPS) is 39.9. The highest BCUT2D eigenvalue weighted by molar-refractivity contribution is 5.51. The highest BCUT2D eigenvalue weighted by Crippen LogP contribution is 2.58. The number of fused-ring (bicyclic) bond motifs is 1. The Labute approximate surface area is 67.6 Å². The Bertz CT molecular complexity index is 180. The SMILES string of the molecule is CCN(C=O)C12CCCC1C2. The van der Waals surface area contributed by atoms with E-state index in [0.717, 1.165) is 18.9 Å². The van der Waals surface area contributed by atoms with Gasteiger partial charge in [0.1, 0.15) is 0 Å². The van der Waals surface area contributed by atoms with Gasteiger partial charge < -0.3 is 4.90 Å². The van der Waals surface area contributed by atoms with Gasteiger partial charge in [0.2, 0.25) is 6.41 Å². The first kappa shape index (κ1) is 7.14. The van der Waals surface area contributed by atoms with Gasteiger partial charge in [-0.05, 0) is 32.1 Å². The zero-order valence-electron chi connectivity index (χ0n) is 7.05. The van der Waals surface area contributed by atoms with E-state index in [1.54, 1.807) is 0 Å². The second-order valence-corrected chi connectivity index (χ2v) is 3.79. The summed E-state index contributed by atoms with van der Waals surface area (Å²) in [5, 5.41) is 0. The molecule has 1 amide bonds. The maximum atomic E-state index is 10.7. The van der Waals surface area contributed by atoms with Crippen molar-refractivity contribution in [2.24, 2.45) is 5.92 Å². The highest BCUT2D eigenvalue weighted by atomic mass is 16.1. The van der Waals surface area contributed by atoms with E-state index < -0.39 is 0 Å². The van der Waals surface area contributed by atoms with Gasteiger partial charge in [-0.3, -0.25) is 4.79 Å². The fourth-order valence-corrected chi connectivity index (χ4v) is 2.69. The van der Waals surface area contributed by atoms with Crippen molar-refractivity contribution in [1.82, 2.24) is 4.90 Å². The van der Waals surface area contributed by atoms with Crippen LogP contribution in [0.25, 0.3) is 0 Å². The lowest BCUT2D eigenvalue weighted by molar-refractivity contribution is -0.120. The van der Waals surface area contributed by atoms with Crippen molar-refractivity contribution in [3.05, 3.63) is 0 Å². The van der Waals surface area contributed by atoms with Crippen LogP contribution >= 0.6 is 0 Å². The molecule has 2 atom stereocenters. The molecule has 0 spiro atoms. The van der Waals surface area contributed by atoms with Gasteiger partial charge in [0.05, 0.1) is 0 Å². The molecule has 2 heteroatoms. The number of hydrogen-bond donors (Lipinski definition) is 0. The zero-order valence-corrected chi connectivity index (χ0v) is 7.05. The van der Waals surface area contributed by atoms with Crippen LogP contribution in [0.1, 0.15) is 32.6 Å². The van der Waals surface area contributed by atoms with Gasteiger partial charge in [-0.15, -0.1) is 0 Å². The number of rotatable bonds is 3. The van der Waals surface area contributed by atoms with Crippen molar-refractivity contribution in [3.8, 4) is 0 Å². The van der Waals surface area contributed by atoms with Crippen molar-refractivity contribution in [2.45, 2.75) is 38.1 Å². The van der Waals surface area contributed by atoms with Gasteiger partial charge in [-0.25, -0.2) is 0 Å². The van der Waals surface area contributed by atoms with Gasteiger partial charge in [0, 0.05) is 12.1 Å². The fourth-order valence-electron chi connectivity index (χ4n) is 2.69. The van der Waals surface area contributed by atoms with E-state index in [1.807, 2.05) is 4.90 Å². The second kappa shape index (κ2) is 2.23. The predicted molar refractivity (Wildman–Crippen MR) is 43.1 cm³/mol. The molecule has 2 unspecified atom stereocenters. The van der Waals surface area contributed by atoms with E-state index in [0.29, 0.717) is 5.54 Å². The number of amides is 1. The minimum absolute atomic E-state index is 0.344. The molecule has 0 N–H and O–H groups in total. The molecule has 0 aliphatic heterocycles. The maximum absolute atomic E-state index is 10.7. The van der Waals surface area contributed by atoms with Crippen LogP contribution < -0.4 is 0 Å². The van der Waals surface area contributed by atoms with Crippen LogP contribution in [0, 0.1) is 5.92 Å². The van der Waals surface area contributed by atoms with Gasteiger partial charge in [0.15, 0.2) is 0 Å². The molecular formula is C9H15NO. The van der Waals surface area contributed by atoms with E-state index in [9.17, 15) is 4.79 Å². The largest absolute Gasteiger partial charge is 0.340 e. The quantitative estimate of drug-likeness (QED) is 0.561. The Morgan fingerprint density at radius 3 is 2.91 bits per heavy atom. The second-order valence-electron chi connectivity index (χ2n) is 3.79. The van der Waals surface area contributed by atoms with Crippen molar-refractivity contribution < 1.29 is 4.79 Å². The monoisotopic (exact) mass is 153 g/mol. The summed E-state index contributed by atoms with van der Waals surface area (Å²) in [6, 6.07) is 0. The topological polar surface area (TPSA) is 20.3 Å². The maximum Gasteiger partial charge on any atom is 0.210 e. The molecule has 0 aromatic heterocycles. The Morgan fingerprint density at radius 2 is 2.55 bits per heavy atom. The molecule has 11 heavy (non-hydrogen) atoms. The van der Waals surface area contributed by atoms with Crippen molar-refractivity contribution in [2.75, 3.05) is 6.54 Å². The van der Waals surface area contributed by atoms with Crippen LogP contribution in [0.4, 0.5) is 0 Å². The lowest BCUT2D eigenvalue weighted by atomic mass is 10.2. The van der Waals surface area contributed by atoms with E-state index in [-0.39, 0.29) is 0 Å². The molecule has 0 saturated heterocycles. The van der Waals surface area contributed by atoms with Crippen molar-refractivity contribution >= 4 is 6.41 Å². The number of nitrogens with zero attached hydrogens (tertiary/aromatic N) is 1. The summed E-state index contributed by atoms with van der Waals surface area (Å²) in [5.41, 5.74) is 0.344. The molecular weight excluding hydrogens is 138 g/mol. The molecule has 0 heterocycles. The van der Waals surface area contributed by atoms with Gasteiger partial charge in [-0.1, -0.05) is 6.42 Å². The molecule has 0 bridgehead atoms. The fraction of sp³-hybridized carbons (Fsp3) is 0.889. The average molecular weight is 153 g/mol. The van der Waals surface area contributed by atoms with Gasteiger partial charge >= 0.3 is 0 Å². The number of carbonyl (C=O) groups is 1. The summed E-state index contributed by atoms with van der Waals surface area (Å²) < 4.78 is 0. The summed E-state index contributed by atoms with van der Waals surface area (Å²) >= 11 is 0. The first-order chi connectivity index (χ1) is 5.33. The lowest BCUT2D eigenvalue weighted by Gasteiger charge is -2.25. The van der Waals surface area contributed by atoms with E-state index in [2.05, 4.69) is 6.92 Å². The Hall–Kier alpha value is -0.530. The molecule has 0 aromatic carbocycles. The third kappa shape index (κ3) is 0.815. The number of hydrogen-bond acceptors (Lipinski definition) is 1. The van der Waals surface area contributed by atoms with Crippen LogP contribution in [-0.4, -0.2) is 23.4 Å². The Morgan fingerprint density at radius 1 is 1.73 bits per heavy atom. The first-order valence-electron chi connectivity index (χ1n) is 4.55. The molecule has 2 rings (SSSR count). The van der Waals surface area contributed by atoms with Crippen LogP contribution in [0.3, 0.4) is 0 Å². The molecule has 2 saturated carbocycles. The molecule has 62 valence electrons.